The van der Waals surface area contributed by atoms with Gasteiger partial charge in [0, 0.05) is 18.7 Å². The molecule has 0 bridgehead atoms. The molecule has 0 radical (unpaired) electrons. The van der Waals surface area contributed by atoms with Gasteiger partial charge in [-0.15, -0.1) is 0 Å². The molecule has 1 aromatic carbocycles. The normalized spacial score (nSPS) is 23.4. The van der Waals surface area contributed by atoms with Crippen LogP contribution in [-0.2, 0) is 4.74 Å². The van der Waals surface area contributed by atoms with Gasteiger partial charge in [-0.3, -0.25) is 0 Å². The number of ether oxygens (including phenoxy) is 1. The lowest BCUT2D eigenvalue weighted by Gasteiger charge is -2.39. The van der Waals surface area contributed by atoms with Gasteiger partial charge >= 0.3 is 0 Å². The summed E-state index contributed by atoms with van der Waals surface area (Å²) >= 11 is 5.14. The Labute approximate surface area is 119 Å². The molecule has 2 atom stereocenters. The standard InChI is InChI=1S/C14H20N2O2S/c1-9-4-3-5-12(14(15)19)13(9)16-6-10(2)18-11(7-16)8-17/h3-5,10-11,17H,6-8H2,1-2H3,(H2,15,19). The molecule has 0 saturated carbocycles. The fourth-order valence-electron chi connectivity index (χ4n) is 2.61. The van der Waals surface area contributed by atoms with Crippen molar-refractivity contribution in [1.82, 2.24) is 0 Å². The lowest BCUT2D eigenvalue weighted by Crippen LogP contribution is -2.48. The molecule has 0 amide bonds. The monoisotopic (exact) mass is 280 g/mol. The van der Waals surface area contributed by atoms with Crippen LogP contribution in [0.3, 0.4) is 0 Å². The van der Waals surface area contributed by atoms with Crippen molar-refractivity contribution in [3.63, 3.8) is 0 Å². The minimum absolute atomic E-state index is 0.0229. The Morgan fingerprint density at radius 1 is 1.53 bits per heavy atom. The van der Waals surface area contributed by atoms with Gasteiger partial charge in [-0.05, 0) is 25.5 Å². The van der Waals surface area contributed by atoms with Crippen LogP contribution in [0.5, 0.6) is 0 Å². The first-order valence-electron chi connectivity index (χ1n) is 6.43. The highest BCUT2D eigenvalue weighted by Crippen LogP contribution is 2.28. The molecule has 5 heteroatoms. The Bertz CT molecular complexity index is 479. The van der Waals surface area contributed by atoms with Gasteiger partial charge < -0.3 is 20.5 Å². The van der Waals surface area contributed by atoms with E-state index >= 15 is 0 Å². The van der Waals surface area contributed by atoms with Gasteiger partial charge in [-0.25, -0.2) is 0 Å². The average molecular weight is 280 g/mol. The molecular weight excluding hydrogens is 260 g/mol. The fourth-order valence-corrected chi connectivity index (χ4v) is 2.77. The highest BCUT2D eigenvalue weighted by Gasteiger charge is 2.27. The van der Waals surface area contributed by atoms with E-state index in [2.05, 4.69) is 4.90 Å². The number of anilines is 1. The number of rotatable bonds is 3. The molecule has 104 valence electrons. The first-order chi connectivity index (χ1) is 9.02. The van der Waals surface area contributed by atoms with Gasteiger partial charge in [0.1, 0.15) is 4.99 Å². The van der Waals surface area contributed by atoms with Crippen LogP contribution < -0.4 is 10.6 Å². The quantitative estimate of drug-likeness (QED) is 0.815. The topological polar surface area (TPSA) is 58.7 Å². The van der Waals surface area contributed by atoms with Crippen LogP contribution in [0.15, 0.2) is 18.2 Å². The predicted octanol–water partition coefficient (Wildman–Crippen LogP) is 1.22. The lowest BCUT2D eigenvalue weighted by atomic mass is 10.0. The maximum atomic E-state index is 9.32. The van der Waals surface area contributed by atoms with Gasteiger partial charge in [-0.1, -0.05) is 24.4 Å². The number of hydrogen-bond acceptors (Lipinski definition) is 4. The third-order valence-corrected chi connectivity index (χ3v) is 3.57. The largest absolute Gasteiger partial charge is 0.394 e. The third kappa shape index (κ3) is 3.05. The zero-order valence-corrected chi connectivity index (χ0v) is 12.1. The van der Waals surface area contributed by atoms with Crippen molar-refractivity contribution in [3.05, 3.63) is 29.3 Å². The molecular formula is C14H20N2O2S. The van der Waals surface area contributed by atoms with E-state index in [-0.39, 0.29) is 18.8 Å². The number of para-hydroxylation sites is 1. The van der Waals surface area contributed by atoms with E-state index in [0.717, 1.165) is 23.4 Å². The van der Waals surface area contributed by atoms with E-state index in [4.69, 9.17) is 22.7 Å². The molecule has 0 spiro atoms. The Kier molecular flexibility index (Phi) is 4.39. The Balaban J connectivity index is 2.37. The molecule has 3 N–H and O–H groups in total. The summed E-state index contributed by atoms with van der Waals surface area (Å²) in [5, 5.41) is 9.32. The SMILES string of the molecule is Cc1cccc(C(N)=S)c1N1CC(C)OC(CO)C1. The van der Waals surface area contributed by atoms with E-state index < -0.39 is 0 Å². The van der Waals surface area contributed by atoms with Gasteiger partial charge in [0.15, 0.2) is 0 Å². The van der Waals surface area contributed by atoms with Gasteiger partial charge in [0.25, 0.3) is 0 Å². The van der Waals surface area contributed by atoms with Crippen molar-refractivity contribution in [2.24, 2.45) is 5.73 Å². The molecule has 2 unspecified atom stereocenters. The molecule has 19 heavy (non-hydrogen) atoms. The highest BCUT2D eigenvalue weighted by molar-refractivity contribution is 7.80. The number of aliphatic hydroxyl groups is 1. The van der Waals surface area contributed by atoms with E-state index in [9.17, 15) is 5.11 Å². The smallest absolute Gasteiger partial charge is 0.106 e. The molecule has 1 saturated heterocycles. The number of morpholine rings is 1. The lowest BCUT2D eigenvalue weighted by molar-refractivity contribution is -0.0421. The number of hydrogen-bond donors (Lipinski definition) is 2. The van der Waals surface area contributed by atoms with Crippen molar-refractivity contribution in [2.45, 2.75) is 26.1 Å². The number of nitrogens with zero attached hydrogens (tertiary/aromatic N) is 1. The number of aryl methyl sites for hydroxylation is 1. The number of nitrogens with two attached hydrogens (primary N) is 1. The van der Waals surface area contributed by atoms with Crippen LogP contribution in [0, 0.1) is 6.92 Å². The number of thiocarbonyl (C=S) groups is 1. The van der Waals surface area contributed by atoms with E-state index in [1.165, 1.54) is 0 Å². The summed E-state index contributed by atoms with van der Waals surface area (Å²) in [6, 6.07) is 5.95. The molecule has 4 nitrogen and oxygen atoms in total. The minimum atomic E-state index is -0.164. The first-order valence-corrected chi connectivity index (χ1v) is 6.84. The van der Waals surface area contributed by atoms with Crippen LogP contribution in [-0.4, -0.2) is 42.0 Å². The van der Waals surface area contributed by atoms with Crippen LogP contribution in [0.4, 0.5) is 5.69 Å². The van der Waals surface area contributed by atoms with Crippen LogP contribution in [0.2, 0.25) is 0 Å². The zero-order chi connectivity index (χ0) is 14.0. The van der Waals surface area contributed by atoms with Gasteiger partial charge in [-0.2, -0.15) is 0 Å². The maximum Gasteiger partial charge on any atom is 0.106 e. The summed E-state index contributed by atoms with van der Waals surface area (Å²) < 4.78 is 5.67. The summed E-state index contributed by atoms with van der Waals surface area (Å²) in [4.78, 5) is 2.61. The predicted molar refractivity (Wildman–Crippen MR) is 80.7 cm³/mol. The summed E-state index contributed by atoms with van der Waals surface area (Å²) in [6.07, 6.45) is -0.0905. The van der Waals surface area contributed by atoms with Gasteiger partial charge in [0.2, 0.25) is 0 Å². The Hall–Kier alpha value is -1.17. The van der Waals surface area contributed by atoms with Crippen LogP contribution in [0.1, 0.15) is 18.1 Å². The van der Waals surface area contributed by atoms with Crippen molar-refractivity contribution in [3.8, 4) is 0 Å². The van der Waals surface area contributed by atoms with E-state index in [1.54, 1.807) is 0 Å². The second-order valence-electron chi connectivity index (χ2n) is 4.99. The van der Waals surface area contributed by atoms with E-state index in [0.29, 0.717) is 11.5 Å². The van der Waals surface area contributed by atoms with E-state index in [1.807, 2.05) is 32.0 Å². The second-order valence-corrected chi connectivity index (χ2v) is 5.43. The Morgan fingerprint density at radius 2 is 2.26 bits per heavy atom. The highest BCUT2D eigenvalue weighted by atomic mass is 32.1. The molecule has 1 aliphatic heterocycles. The maximum absolute atomic E-state index is 9.32. The molecule has 0 aliphatic carbocycles. The second kappa shape index (κ2) is 5.86. The summed E-state index contributed by atoms with van der Waals surface area (Å²) in [5.41, 5.74) is 8.90. The number of aliphatic hydroxyl groups excluding tert-OH is 1. The van der Waals surface area contributed by atoms with Crippen LogP contribution in [0.25, 0.3) is 0 Å². The molecule has 1 heterocycles. The van der Waals surface area contributed by atoms with Crippen LogP contribution >= 0.6 is 12.2 Å². The summed E-state index contributed by atoms with van der Waals surface area (Å²) in [7, 11) is 0. The molecule has 1 fully saturated rings. The van der Waals surface area contributed by atoms with Crippen molar-refractivity contribution >= 4 is 22.9 Å². The average Bonchev–Trinajstić information content (AvgIpc) is 2.37. The van der Waals surface area contributed by atoms with Crippen molar-refractivity contribution in [1.29, 1.82) is 0 Å². The Morgan fingerprint density at radius 3 is 2.89 bits per heavy atom. The molecule has 0 aromatic heterocycles. The summed E-state index contributed by atoms with van der Waals surface area (Å²) in [6.45, 7) is 5.51. The van der Waals surface area contributed by atoms with Gasteiger partial charge in [0.05, 0.1) is 24.5 Å². The first kappa shape index (κ1) is 14.2. The van der Waals surface area contributed by atoms with Crippen molar-refractivity contribution in [2.75, 3.05) is 24.6 Å². The number of benzene rings is 1. The zero-order valence-electron chi connectivity index (χ0n) is 11.3. The third-order valence-electron chi connectivity index (χ3n) is 3.35. The minimum Gasteiger partial charge on any atom is -0.394 e. The summed E-state index contributed by atoms with van der Waals surface area (Å²) in [5.74, 6) is 0. The molecule has 1 aliphatic rings. The fraction of sp³-hybridized carbons (Fsp3) is 0.500. The molecule has 1 aromatic rings. The van der Waals surface area contributed by atoms with Crippen molar-refractivity contribution < 1.29 is 9.84 Å². The molecule has 2 rings (SSSR count).